The molecule has 19 heavy (non-hydrogen) atoms. The van der Waals surface area contributed by atoms with Gasteiger partial charge in [0.15, 0.2) is 0 Å². The Hall–Kier alpha value is -1.51. The zero-order chi connectivity index (χ0) is 13.8. The van der Waals surface area contributed by atoms with Crippen LogP contribution in [0.4, 0.5) is 0 Å². The van der Waals surface area contributed by atoms with E-state index in [0.29, 0.717) is 22.2 Å². The summed E-state index contributed by atoms with van der Waals surface area (Å²) in [4.78, 5) is 12.0. The molecule has 0 aromatic heterocycles. The Kier molecular flexibility index (Phi) is 4.46. The lowest BCUT2D eigenvalue weighted by molar-refractivity contribution is 0.0951. The van der Waals surface area contributed by atoms with E-state index in [1.54, 1.807) is 18.2 Å². The lowest BCUT2D eigenvalue weighted by atomic mass is 10.1. The van der Waals surface area contributed by atoms with Crippen LogP contribution in [0.25, 0.3) is 0 Å². The molecule has 0 saturated carbocycles. The minimum absolute atomic E-state index is 0.165. The molecule has 2 nitrogen and oxygen atoms in total. The van der Waals surface area contributed by atoms with E-state index in [4.69, 9.17) is 23.2 Å². The molecule has 0 spiro atoms. The van der Waals surface area contributed by atoms with Crippen LogP contribution in [0.2, 0.25) is 10.0 Å². The molecule has 0 atom stereocenters. The zero-order valence-corrected chi connectivity index (χ0v) is 11.9. The third-order valence-corrected chi connectivity index (χ3v) is 3.62. The number of carbonyl (C=O) groups is 1. The highest BCUT2D eigenvalue weighted by atomic mass is 35.5. The van der Waals surface area contributed by atoms with Crippen molar-refractivity contribution in [1.82, 2.24) is 5.32 Å². The molecule has 2 aromatic rings. The van der Waals surface area contributed by atoms with Crippen LogP contribution in [0.1, 0.15) is 21.5 Å². The predicted octanol–water partition coefficient (Wildman–Crippen LogP) is 4.23. The Morgan fingerprint density at radius 1 is 1.11 bits per heavy atom. The summed E-state index contributed by atoms with van der Waals surface area (Å²) < 4.78 is 0. The van der Waals surface area contributed by atoms with Gasteiger partial charge >= 0.3 is 0 Å². The predicted molar refractivity (Wildman–Crippen MR) is 78.8 cm³/mol. The Bertz CT molecular complexity index is 611. The number of aryl methyl sites for hydroxylation is 1. The van der Waals surface area contributed by atoms with Crippen molar-refractivity contribution >= 4 is 29.1 Å². The number of rotatable bonds is 3. The van der Waals surface area contributed by atoms with Crippen LogP contribution in [0.5, 0.6) is 0 Å². The molecule has 1 N–H and O–H groups in total. The van der Waals surface area contributed by atoms with E-state index in [2.05, 4.69) is 5.32 Å². The van der Waals surface area contributed by atoms with Gasteiger partial charge in [0.1, 0.15) is 0 Å². The van der Waals surface area contributed by atoms with E-state index in [9.17, 15) is 4.79 Å². The van der Waals surface area contributed by atoms with Crippen molar-refractivity contribution in [3.8, 4) is 0 Å². The van der Waals surface area contributed by atoms with Gasteiger partial charge in [0.05, 0.1) is 10.0 Å². The first-order valence-corrected chi connectivity index (χ1v) is 6.61. The highest BCUT2D eigenvalue weighted by molar-refractivity contribution is 6.42. The molecule has 4 heteroatoms. The molecule has 1 amide bonds. The van der Waals surface area contributed by atoms with Crippen LogP contribution in [0.3, 0.4) is 0 Å². The molecule has 0 fully saturated rings. The molecule has 0 heterocycles. The van der Waals surface area contributed by atoms with E-state index >= 15 is 0 Å². The van der Waals surface area contributed by atoms with Crippen molar-refractivity contribution < 1.29 is 4.79 Å². The second-order valence-electron chi connectivity index (χ2n) is 4.24. The van der Waals surface area contributed by atoms with E-state index in [1.807, 2.05) is 31.2 Å². The van der Waals surface area contributed by atoms with Crippen molar-refractivity contribution in [3.05, 3.63) is 69.2 Å². The van der Waals surface area contributed by atoms with Gasteiger partial charge in [0.25, 0.3) is 5.91 Å². The topological polar surface area (TPSA) is 29.1 Å². The Morgan fingerprint density at radius 3 is 2.53 bits per heavy atom. The van der Waals surface area contributed by atoms with Gasteiger partial charge in [0.2, 0.25) is 0 Å². The lowest BCUT2D eigenvalue weighted by Crippen LogP contribution is -2.23. The molecule has 0 radical (unpaired) electrons. The first-order chi connectivity index (χ1) is 9.08. The second-order valence-corrected chi connectivity index (χ2v) is 5.05. The number of halogens is 2. The smallest absolute Gasteiger partial charge is 0.251 e. The van der Waals surface area contributed by atoms with Crippen molar-refractivity contribution in [3.63, 3.8) is 0 Å². The van der Waals surface area contributed by atoms with Crippen LogP contribution < -0.4 is 5.32 Å². The number of benzene rings is 2. The second kappa shape index (κ2) is 6.09. The highest BCUT2D eigenvalue weighted by Crippen LogP contribution is 2.22. The van der Waals surface area contributed by atoms with E-state index < -0.39 is 0 Å². The summed E-state index contributed by atoms with van der Waals surface area (Å²) in [7, 11) is 0. The monoisotopic (exact) mass is 293 g/mol. The first-order valence-electron chi connectivity index (χ1n) is 5.85. The standard InChI is InChI=1S/C15H13Cl2NO/c1-10-4-2-3-5-12(10)9-18-15(19)11-6-7-13(16)14(17)8-11/h2-8H,9H2,1H3,(H,18,19). The molecule has 98 valence electrons. The molecule has 0 saturated heterocycles. The summed E-state index contributed by atoms with van der Waals surface area (Å²) in [6.07, 6.45) is 0. The van der Waals surface area contributed by atoms with Gasteiger partial charge in [-0.05, 0) is 36.2 Å². The van der Waals surface area contributed by atoms with Crippen LogP contribution >= 0.6 is 23.2 Å². The fourth-order valence-electron chi connectivity index (χ4n) is 1.72. The van der Waals surface area contributed by atoms with Gasteiger partial charge in [-0.1, -0.05) is 47.5 Å². The van der Waals surface area contributed by atoms with Crippen molar-refractivity contribution in [2.45, 2.75) is 13.5 Å². The summed E-state index contributed by atoms with van der Waals surface area (Å²) in [5, 5.41) is 3.68. The van der Waals surface area contributed by atoms with E-state index in [0.717, 1.165) is 11.1 Å². The molecule has 2 rings (SSSR count). The van der Waals surface area contributed by atoms with E-state index in [-0.39, 0.29) is 5.91 Å². The molecule has 0 aliphatic heterocycles. The van der Waals surface area contributed by atoms with Gasteiger partial charge < -0.3 is 5.32 Å². The molecule has 0 aliphatic rings. The van der Waals surface area contributed by atoms with Gasteiger partial charge in [-0.25, -0.2) is 0 Å². The zero-order valence-electron chi connectivity index (χ0n) is 10.4. The summed E-state index contributed by atoms with van der Waals surface area (Å²) >= 11 is 11.7. The maximum atomic E-state index is 12.0. The summed E-state index contributed by atoms with van der Waals surface area (Å²) in [5.74, 6) is -0.165. The molecule has 0 aliphatic carbocycles. The largest absolute Gasteiger partial charge is 0.348 e. The molecular weight excluding hydrogens is 281 g/mol. The quantitative estimate of drug-likeness (QED) is 0.901. The van der Waals surface area contributed by atoms with Gasteiger partial charge in [-0.15, -0.1) is 0 Å². The van der Waals surface area contributed by atoms with Gasteiger partial charge in [-0.2, -0.15) is 0 Å². The third kappa shape index (κ3) is 3.49. The van der Waals surface area contributed by atoms with Gasteiger partial charge in [-0.3, -0.25) is 4.79 Å². The maximum absolute atomic E-state index is 12.0. The lowest BCUT2D eigenvalue weighted by Gasteiger charge is -2.08. The van der Waals surface area contributed by atoms with Crippen LogP contribution in [0, 0.1) is 6.92 Å². The van der Waals surface area contributed by atoms with Gasteiger partial charge in [0, 0.05) is 12.1 Å². The molecule has 0 bridgehead atoms. The minimum Gasteiger partial charge on any atom is -0.348 e. The number of hydrogen-bond donors (Lipinski definition) is 1. The normalized spacial score (nSPS) is 10.3. The van der Waals surface area contributed by atoms with Crippen LogP contribution in [-0.4, -0.2) is 5.91 Å². The number of nitrogens with one attached hydrogen (secondary N) is 1. The number of hydrogen-bond acceptors (Lipinski definition) is 1. The highest BCUT2D eigenvalue weighted by Gasteiger charge is 2.08. The fraction of sp³-hybridized carbons (Fsp3) is 0.133. The van der Waals surface area contributed by atoms with Crippen molar-refractivity contribution in [1.29, 1.82) is 0 Å². The average Bonchev–Trinajstić information content (AvgIpc) is 2.40. The Morgan fingerprint density at radius 2 is 1.84 bits per heavy atom. The number of carbonyl (C=O) groups excluding carboxylic acids is 1. The Labute approximate surface area is 122 Å². The summed E-state index contributed by atoms with van der Waals surface area (Å²) in [5.41, 5.74) is 2.75. The minimum atomic E-state index is -0.165. The fourth-order valence-corrected chi connectivity index (χ4v) is 2.02. The number of amides is 1. The maximum Gasteiger partial charge on any atom is 0.251 e. The third-order valence-electron chi connectivity index (χ3n) is 2.88. The summed E-state index contributed by atoms with van der Waals surface area (Å²) in [6, 6.07) is 12.8. The SMILES string of the molecule is Cc1ccccc1CNC(=O)c1ccc(Cl)c(Cl)c1. The first kappa shape index (κ1) is 13.9. The summed E-state index contributed by atoms with van der Waals surface area (Å²) in [6.45, 7) is 2.51. The molecular formula is C15H13Cl2NO. The molecule has 0 unspecified atom stereocenters. The van der Waals surface area contributed by atoms with Crippen LogP contribution in [0.15, 0.2) is 42.5 Å². The van der Waals surface area contributed by atoms with Crippen LogP contribution in [-0.2, 0) is 6.54 Å². The van der Waals surface area contributed by atoms with Crippen molar-refractivity contribution in [2.75, 3.05) is 0 Å². The Balaban J connectivity index is 2.05. The van der Waals surface area contributed by atoms with Crippen molar-refractivity contribution in [2.24, 2.45) is 0 Å². The average molecular weight is 294 g/mol. The van der Waals surface area contributed by atoms with E-state index in [1.165, 1.54) is 0 Å². The molecule has 2 aromatic carbocycles.